The topological polar surface area (TPSA) is 47.3 Å². The molecule has 1 aromatic heterocycles. The highest BCUT2D eigenvalue weighted by Gasteiger charge is 2.17. The van der Waals surface area contributed by atoms with E-state index in [0.717, 1.165) is 13.2 Å². The van der Waals surface area contributed by atoms with Gasteiger partial charge in [-0.2, -0.15) is 11.3 Å². The van der Waals surface area contributed by atoms with Gasteiger partial charge in [-0.1, -0.05) is 0 Å². The molecule has 1 aliphatic heterocycles. The number of nitrogens with two attached hydrogens (primary N) is 1. The Morgan fingerprint density at radius 3 is 3.20 bits per heavy atom. The fourth-order valence-corrected chi connectivity index (χ4v) is 2.60. The minimum atomic E-state index is 0.278. The Bertz CT molecular complexity index is 270. The van der Waals surface area contributed by atoms with Crippen molar-refractivity contribution in [1.29, 1.82) is 0 Å². The molecule has 1 fully saturated rings. The highest BCUT2D eigenvalue weighted by Crippen LogP contribution is 2.17. The molecule has 0 aliphatic carbocycles. The Balaban J connectivity index is 1.80. The lowest BCUT2D eigenvalue weighted by molar-refractivity contribution is 0.107. The average molecular weight is 226 g/mol. The molecule has 84 valence electrons. The fraction of sp³-hybridized carbons (Fsp3) is 0.636. The van der Waals surface area contributed by atoms with Crippen molar-refractivity contribution in [2.75, 3.05) is 19.7 Å². The second kappa shape index (κ2) is 5.61. The van der Waals surface area contributed by atoms with Gasteiger partial charge >= 0.3 is 0 Å². The van der Waals surface area contributed by atoms with Gasteiger partial charge in [-0.3, -0.25) is 0 Å². The van der Waals surface area contributed by atoms with Crippen LogP contribution < -0.4 is 11.1 Å². The zero-order chi connectivity index (χ0) is 10.5. The summed E-state index contributed by atoms with van der Waals surface area (Å²) in [5, 5.41) is 7.71. The molecule has 1 saturated heterocycles. The van der Waals surface area contributed by atoms with Crippen molar-refractivity contribution in [1.82, 2.24) is 5.32 Å². The summed E-state index contributed by atoms with van der Waals surface area (Å²) in [6.45, 7) is 2.47. The van der Waals surface area contributed by atoms with Crippen LogP contribution in [0.4, 0.5) is 0 Å². The van der Waals surface area contributed by atoms with E-state index in [2.05, 4.69) is 22.1 Å². The SMILES string of the molecule is NCC(NCC1CCCO1)c1ccsc1. The third-order valence-electron chi connectivity index (χ3n) is 2.80. The van der Waals surface area contributed by atoms with Crippen LogP contribution in [0.5, 0.6) is 0 Å². The van der Waals surface area contributed by atoms with E-state index < -0.39 is 0 Å². The van der Waals surface area contributed by atoms with Gasteiger partial charge in [0.2, 0.25) is 0 Å². The van der Waals surface area contributed by atoms with Crippen molar-refractivity contribution in [2.24, 2.45) is 5.73 Å². The van der Waals surface area contributed by atoms with E-state index in [9.17, 15) is 0 Å². The van der Waals surface area contributed by atoms with Crippen LogP contribution >= 0.6 is 11.3 Å². The van der Waals surface area contributed by atoms with Gasteiger partial charge in [0.1, 0.15) is 0 Å². The van der Waals surface area contributed by atoms with Crippen molar-refractivity contribution in [3.05, 3.63) is 22.4 Å². The van der Waals surface area contributed by atoms with Gasteiger partial charge in [0.15, 0.2) is 0 Å². The van der Waals surface area contributed by atoms with Crippen molar-refractivity contribution in [3.8, 4) is 0 Å². The van der Waals surface area contributed by atoms with E-state index in [1.165, 1.54) is 18.4 Å². The van der Waals surface area contributed by atoms with E-state index in [-0.39, 0.29) is 6.04 Å². The number of hydrogen-bond acceptors (Lipinski definition) is 4. The molecule has 4 heteroatoms. The van der Waals surface area contributed by atoms with Gasteiger partial charge in [0, 0.05) is 25.7 Å². The first-order valence-corrected chi connectivity index (χ1v) is 6.41. The van der Waals surface area contributed by atoms with E-state index in [1.807, 2.05) is 0 Å². The van der Waals surface area contributed by atoms with Gasteiger partial charge < -0.3 is 15.8 Å². The van der Waals surface area contributed by atoms with Crippen LogP contribution in [-0.4, -0.2) is 25.8 Å². The van der Waals surface area contributed by atoms with Crippen LogP contribution in [0, 0.1) is 0 Å². The lowest BCUT2D eigenvalue weighted by Crippen LogP contribution is -2.33. The maximum Gasteiger partial charge on any atom is 0.0700 e. The van der Waals surface area contributed by atoms with Crippen LogP contribution in [0.2, 0.25) is 0 Å². The van der Waals surface area contributed by atoms with Gasteiger partial charge in [-0.25, -0.2) is 0 Å². The summed E-state index contributed by atoms with van der Waals surface area (Å²) >= 11 is 1.71. The van der Waals surface area contributed by atoms with Crippen molar-refractivity contribution < 1.29 is 4.74 Å². The molecule has 1 aromatic rings. The molecule has 0 spiro atoms. The molecule has 2 unspecified atom stereocenters. The zero-order valence-electron chi connectivity index (χ0n) is 8.82. The maximum atomic E-state index is 5.75. The van der Waals surface area contributed by atoms with Crippen LogP contribution in [0.15, 0.2) is 16.8 Å². The lowest BCUT2D eigenvalue weighted by Gasteiger charge is -2.18. The Hall–Kier alpha value is -0.420. The molecule has 0 aromatic carbocycles. The average Bonchev–Trinajstić information content (AvgIpc) is 2.90. The number of thiophene rings is 1. The highest BCUT2D eigenvalue weighted by atomic mass is 32.1. The molecule has 0 radical (unpaired) electrons. The molecule has 2 atom stereocenters. The Labute approximate surface area is 94.6 Å². The molecule has 0 saturated carbocycles. The molecule has 15 heavy (non-hydrogen) atoms. The van der Waals surface area contributed by atoms with Gasteiger partial charge in [-0.05, 0) is 35.2 Å². The Morgan fingerprint density at radius 2 is 2.60 bits per heavy atom. The van der Waals surface area contributed by atoms with Crippen LogP contribution in [0.25, 0.3) is 0 Å². The third-order valence-corrected chi connectivity index (χ3v) is 3.50. The molecular formula is C11H18N2OS. The van der Waals surface area contributed by atoms with Crippen molar-refractivity contribution in [3.63, 3.8) is 0 Å². The fourth-order valence-electron chi connectivity index (χ4n) is 1.89. The maximum absolute atomic E-state index is 5.75. The van der Waals surface area contributed by atoms with Crippen LogP contribution in [0.3, 0.4) is 0 Å². The largest absolute Gasteiger partial charge is 0.377 e. The normalized spacial score (nSPS) is 23.1. The highest BCUT2D eigenvalue weighted by molar-refractivity contribution is 7.07. The standard InChI is InChI=1S/C11H18N2OS/c12-6-11(9-3-5-15-8-9)13-7-10-2-1-4-14-10/h3,5,8,10-11,13H,1-2,4,6-7,12H2. The first-order valence-electron chi connectivity index (χ1n) is 5.47. The first-order chi connectivity index (χ1) is 7.40. The summed E-state index contributed by atoms with van der Waals surface area (Å²) in [6.07, 6.45) is 2.75. The quantitative estimate of drug-likeness (QED) is 0.800. The Kier molecular flexibility index (Phi) is 4.14. The van der Waals surface area contributed by atoms with Gasteiger partial charge in [-0.15, -0.1) is 0 Å². The molecule has 3 N–H and O–H groups in total. The molecule has 2 heterocycles. The number of rotatable bonds is 5. The minimum absolute atomic E-state index is 0.278. The monoisotopic (exact) mass is 226 g/mol. The summed E-state index contributed by atoms with van der Waals surface area (Å²) < 4.78 is 5.56. The van der Waals surface area contributed by atoms with Crippen LogP contribution in [0.1, 0.15) is 24.4 Å². The Morgan fingerprint density at radius 1 is 1.67 bits per heavy atom. The van der Waals surface area contributed by atoms with E-state index >= 15 is 0 Å². The van der Waals surface area contributed by atoms with E-state index in [0.29, 0.717) is 12.6 Å². The number of ether oxygens (including phenoxy) is 1. The second-order valence-corrected chi connectivity index (χ2v) is 4.67. The molecule has 3 nitrogen and oxygen atoms in total. The summed E-state index contributed by atoms with van der Waals surface area (Å²) in [5.74, 6) is 0. The van der Waals surface area contributed by atoms with E-state index in [4.69, 9.17) is 10.5 Å². The molecule has 0 amide bonds. The predicted octanol–water partition coefficient (Wildman–Crippen LogP) is 1.52. The summed E-state index contributed by atoms with van der Waals surface area (Å²) in [4.78, 5) is 0. The van der Waals surface area contributed by atoms with Gasteiger partial charge in [0.25, 0.3) is 0 Å². The van der Waals surface area contributed by atoms with E-state index in [1.54, 1.807) is 11.3 Å². The van der Waals surface area contributed by atoms with Gasteiger partial charge in [0.05, 0.1) is 6.10 Å². The lowest BCUT2D eigenvalue weighted by atomic mass is 10.1. The molecular weight excluding hydrogens is 208 g/mol. The smallest absolute Gasteiger partial charge is 0.0700 e. The summed E-state index contributed by atoms with van der Waals surface area (Å²) in [7, 11) is 0. The second-order valence-electron chi connectivity index (χ2n) is 3.89. The zero-order valence-corrected chi connectivity index (χ0v) is 9.63. The summed E-state index contributed by atoms with van der Waals surface area (Å²) in [5.41, 5.74) is 7.04. The molecule has 2 rings (SSSR count). The van der Waals surface area contributed by atoms with Crippen molar-refractivity contribution in [2.45, 2.75) is 25.0 Å². The first kappa shape index (κ1) is 11.1. The molecule has 0 bridgehead atoms. The summed E-state index contributed by atoms with van der Waals surface area (Å²) in [6, 6.07) is 2.41. The van der Waals surface area contributed by atoms with Crippen molar-refractivity contribution >= 4 is 11.3 Å². The van der Waals surface area contributed by atoms with Crippen LogP contribution in [-0.2, 0) is 4.74 Å². The number of hydrogen-bond donors (Lipinski definition) is 2. The number of nitrogens with one attached hydrogen (secondary N) is 1. The predicted molar refractivity (Wildman–Crippen MR) is 63.1 cm³/mol. The molecule has 1 aliphatic rings. The minimum Gasteiger partial charge on any atom is -0.377 e. The third kappa shape index (κ3) is 3.01.